The third kappa shape index (κ3) is 6.23. The van der Waals surface area contributed by atoms with Crippen molar-refractivity contribution in [3.63, 3.8) is 0 Å². The first-order valence-corrected chi connectivity index (χ1v) is 11.0. The van der Waals surface area contributed by atoms with Crippen molar-refractivity contribution in [2.24, 2.45) is 0 Å². The molecular formula is C23H23F3N2O3S. The van der Waals surface area contributed by atoms with Gasteiger partial charge in [-0.2, -0.15) is 13.2 Å². The van der Waals surface area contributed by atoms with Crippen LogP contribution >= 0.6 is 11.3 Å². The molecule has 0 saturated carbocycles. The fraction of sp³-hybridized carbons (Fsp3) is 0.304. The second kappa shape index (κ2) is 10.5. The number of halogens is 3. The van der Waals surface area contributed by atoms with Gasteiger partial charge in [-0.25, -0.2) is 9.78 Å². The molecule has 3 aromatic rings. The molecule has 0 aliphatic carbocycles. The molecule has 0 radical (unpaired) electrons. The van der Waals surface area contributed by atoms with Crippen LogP contribution in [0.1, 0.15) is 35.9 Å². The van der Waals surface area contributed by atoms with Gasteiger partial charge in [0.2, 0.25) is 0 Å². The van der Waals surface area contributed by atoms with Crippen molar-refractivity contribution < 1.29 is 27.8 Å². The van der Waals surface area contributed by atoms with Crippen molar-refractivity contribution in [3.05, 3.63) is 70.2 Å². The van der Waals surface area contributed by atoms with Gasteiger partial charge in [-0.3, -0.25) is 4.90 Å². The van der Waals surface area contributed by atoms with Crippen LogP contribution in [0.2, 0.25) is 0 Å². The number of carbonyl (C=O) groups excluding carboxylic acids is 1. The highest BCUT2D eigenvalue weighted by atomic mass is 32.1. The fourth-order valence-corrected chi connectivity index (χ4v) is 3.71. The molecule has 0 atom stereocenters. The van der Waals surface area contributed by atoms with E-state index >= 15 is 0 Å². The van der Waals surface area contributed by atoms with Gasteiger partial charge in [0.25, 0.3) is 0 Å². The van der Waals surface area contributed by atoms with Crippen LogP contribution in [0.15, 0.2) is 54.0 Å². The van der Waals surface area contributed by atoms with Crippen molar-refractivity contribution in [2.45, 2.75) is 39.0 Å². The second-order valence-corrected chi connectivity index (χ2v) is 8.16. The molecule has 0 bridgehead atoms. The molecule has 0 spiro atoms. The number of aromatic hydroxyl groups is 1. The third-order valence-electron chi connectivity index (χ3n) is 4.73. The normalized spacial score (nSPS) is 11.4. The predicted molar refractivity (Wildman–Crippen MR) is 116 cm³/mol. The third-order valence-corrected chi connectivity index (χ3v) is 5.49. The number of amides is 1. The highest BCUT2D eigenvalue weighted by Gasteiger charge is 2.31. The smallest absolute Gasteiger partial charge is 0.416 e. The Kier molecular flexibility index (Phi) is 7.74. The highest BCUT2D eigenvalue weighted by Crippen LogP contribution is 2.37. The van der Waals surface area contributed by atoms with E-state index in [1.165, 1.54) is 16.2 Å². The van der Waals surface area contributed by atoms with Gasteiger partial charge in [-0.15, -0.1) is 11.3 Å². The average Bonchev–Trinajstić information content (AvgIpc) is 3.26. The number of nitrogens with zero attached hydrogens (tertiary/aromatic N) is 2. The van der Waals surface area contributed by atoms with Gasteiger partial charge in [0.1, 0.15) is 10.8 Å². The zero-order chi connectivity index (χ0) is 23.1. The molecule has 1 heterocycles. The first kappa shape index (κ1) is 23.6. The van der Waals surface area contributed by atoms with Gasteiger partial charge in [0, 0.05) is 23.7 Å². The molecule has 1 N–H and O–H groups in total. The summed E-state index contributed by atoms with van der Waals surface area (Å²) in [7, 11) is 0. The van der Waals surface area contributed by atoms with Crippen LogP contribution in [0.25, 0.3) is 11.1 Å². The van der Waals surface area contributed by atoms with Crippen molar-refractivity contribution >= 4 is 17.4 Å². The Labute approximate surface area is 188 Å². The molecule has 9 heteroatoms. The lowest BCUT2D eigenvalue weighted by atomic mass is 9.99. The van der Waals surface area contributed by atoms with Crippen LogP contribution in [-0.4, -0.2) is 27.7 Å². The summed E-state index contributed by atoms with van der Waals surface area (Å²) >= 11 is 1.41. The maximum Gasteiger partial charge on any atom is 0.416 e. The van der Waals surface area contributed by atoms with E-state index in [4.69, 9.17) is 4.74 Å². The summed E-state index contributed by atoms with van der Waals surface area (Å²) in [5, 5.41) is 12.7. The van der Waals surface area contributed by atoms with E-state index in [-0.39, 0.29) is 24.4 Å². The Hall–Kier alpha value is -3.07. The number of hydrogen-bond acceptors (Lipinski definition) is 5. The molecular weight excluding hydrogens is 441 g/mol. The number of aromatic nitrogens is 1. The minimum absolute atomic E-state index is 0.0682. The Bertz CT molecular complexity index is 1040. The van der Waals surface area contributed by atoms with Crippen molar-refractivity contribution in [1.29, 1.82) is 0 Å². The van der Waals surface area contributed by atoms with Gasteiger partial charge in [-0.1, -0.05) is 31.5 Å². The lowest BCUT2D eigenvalue weighted by Crippen LogP contribution is -2.31. The van der Waals surface area contributed by atoms with Crippen LogP contribution in [0.3, 0.4) is 0 Å². The number of thiazole rings is 1. The van der Waals surface area contributed by atoms with Crippen molar-refractivity contribution in [1.82, 2.24) is 9.88 Å². The average molecular weight is 465 g/mol. The Morgan fingerprint density at radius 3 is 2.69 bits per heavy atom. The highest BCUT2D eigenvalue weighted by molar-refractivity contribution is 7.09. The fourth-order valence-electron chi connectivity index (χ4n) is 3.08. The molecule has 2 aromatic carbocycles. The standard InChI is InChI=1S/C23H23F3N2O3S/c1-2-3-10-31-22(30)28(15-21-27-9-11-32-21)14-16-5-4-6-17(12-16)19-13-18(23(24,25)26)7-8-20(19)29/h4-9,11-13,29H,2-3,10,14-15H2,1H3. The molecule has 0 aliphatic heterocycles. The molecule has 0 aliphatic rings. The van der Waals surface area contributed by atoms with E-state index in [1.54, 1.807) is 30.5 Å². The number of hydrogen-bond donors (Lipinski definition) is 1. The summed E-state index contributed by atoms with van der Waals surface area (Å²) in [5.74, 6) is -0.256. The number of alkyl halides is 3. The number of carbonyl (C=O) groups is 1. The van der Waals surface area contributed by atoms with E-state index in [0.29, 0.717) is 17.7 Å². The van der Waals surface area contributed by atoms with Crippen LogP contribution in [0.4, 0.5) is 18.0 Å². The monoisotopic (exact) mass is 464 g/mol. The molecule has 32 heavy (non-hydrogen) atoms. The van der Waals surface area contributed by atoms with Crippen LogP contribution < -0.4 is 0 Å². The second-order valence-electron chi connectivity index (χ2n) is 7.18. The molecule has 0 saturated heterocycles. The maximum absolute atomic E-state index is 13.1. The number of unbranched alkanes of at least 4 members (excludes halogenated alkanes) is 1. The number of phenolic OH excluding ortho intramolecular Hbond substituents is 1. The summed E-state index contributed by atoms with van der Waals surface area (Å²) in [5.41, 5.74) is 0.322. The zero-order valence-electron chi connectivity index (χ0n) is 17.4. The van der Waals surface area contributed by atoms with E-state index in [9.17, 15) is 23.1 Å². The van der Waals surface area contributed by atoms with Crippen LogP contribution in [0, 0.1) is 0 Å². The maximum atomic E-state index is 13.1. The van der Waals surface area contributed by atoms with Crippen molar-refractivity contribution in [3.8, 4) is 16.9 Å². The quantitative estimate of drug-likeness (QED) is 0.388. The first-order chi connectivity index (χ1) is 15.3. The van der Waals surface area contributed by atoms with Crippen LogP contribution in [0.5, 0.6) is 5.75 Å². The van der Waals surface area contributed by atoms with Gasteiger partial charge < -0.3 is 9.84 Å². The minimum Gasteiger partial charge on any atom is -0.507 e. The molecule has 0 unspecified atom stereocenters. The van der Waals surface area contributed by atoms with Gasteiger partial charge >= 0.3 is 12.3 Å². The largest absolute Gasteiger partial charge is 0.507 e. The molecule has 0 fully saturated rings. The van der Waals surface area contributed by atoms with Crippen molar-refractivity contribution in [2.75, 3.05) is 6.61 Å². The predicted octanol–water partition coefficient (Wildman–Crippen LogP) is 6.47. The summed E-state index contributed by atoms with van der Waals surface area (Å²) in [4.78, 5) is 18.3. The van der Waals surface area contributed by atoms with E-state index in [2.05, 4.69) is 4.98 Å². The lowest BCUT2D eigenvalue weighted by Gasteiger charge is -2.22. The summed E-state index contributed by atoms with van der Waals surface area (Å²) in [6, 6.07) is 9.50. The number of phenols is 1. The van der Waals surface area contributed by atoms with E-state index in [0.717, 1.165) is 36.0 Å². The topological polar surface area (TPSA) is 62.7 Å². The lowest BCUT2D eigenvalue weighted by molar-refractivity contribution is -0.137. The van der Waals surface area contributed by atoms with E-state index < -0.39 is 17.8 Å². The molecule has 5 nitrogen and oxygen atoms in total. The van der Waals surface area contributed by atoms with Gasteiger partial charge in [0.05, 0.1) is 18.7 Å². The van der Waals surface area contributed by atoms with Gasteiger partial charge in [-0.05, 0) is 41.8 Å². The minimum atomic E-state index is -4.52. The van der Waals surface area contributed by atoms with Crippen LogP contribution in [-0.2, 0) is 24.0 Å². The summed E-state index contributed by atoms with van der Waals surface area (Å²) in [6.07, 6.45) is -1.71. The summed E-state index contributed by atoms with van der Waals surface area (Å²) < 4.78 is 44.7. The zero-order valence-corrected chi connectivity index (χ0v) is 18.2. The SMILES string of the molecule is CCCCOC(=O)N(Cc1cccc(-c2cc(C(F)(F)F)ccc2O)c1)Cc1nccs1. The first-order valence-electron chi connectivity index (χ1n) is 10.1. The number of ether oxygens (including phenoxy) is 1. The van der Waals surface area contributed by atoms with E-state index in [1.807, 2.05) is 12.3 Å². The van der Waals surface area contributed by atoms with Gasteiger partial charge in [0.15, 0.2) is 0 Å². The Morgan fingerprint density at radius 2 is 2.00 bits per heavy atom. The summed E-state index contributed by atoms with van der Waals surface area (Å²) in [6.45, 7) is 2.73. The number of benzene rings is 2. The Morgan fingerprint density at radius 1 is 1.19 bits per heavy atom. The molecule has 1 amide bonds. The molecule has 3 rings (SSSR count). The molecule has 1 aromatic heterocycles. The Balaban J connectivity index is 1.85. The molecule has 170 valence electrons. The number of rotatable bonds is 8.